The Hall–Kier alpha value is -0.0800. The van der Waals surface area contributed by atoms with E-state index in [1.54, 1.807) is 0 Å². The first-order chi connectivity index (χ1) is 9.22. The van der Waals surface area contributed by atoms with Gasteiger partial charge < -0.3 is 10.6 Å². The van der Waals surface area contributed by atoms with Crippen molar-refractivity contribution < 1.29 is 0 Å². The second-order valence-corrected chi connectivity index (χ2v) is 6.09. The number of nitrogens with two attached hydrogens (primary N) is 1. The smallest absolute Gasteiger partial charge is 0.00758 e. The van der Waals surface area contributed by atoms with Crippen molar-refractivity contribution in [2.75, 3.05) is 20.1 Å². The van der Waals surface area contributed by atoms with Crippen LogP contribution in [0.1, 0.15) is 84.5 Å². The summed E-state index contributed by atoms with van der Waals surface area (Å²) < 4.78 is 0. The molecule has 0 amide bonds. The van der Waals surface area contributed by atoms with Crippen LogP contribution in [0.4, 0.5) is 0 Å². The Morgan fingerprint density at radius 1 is 0.842 bits per heavy atom. The number of hydrogen-bond acceptors (Lipinski definition) is 2. The minimum atomic E-state index is 0.642. The first kappa shape index (κ1) is 18.9. The van der Waals surface area contributed by atoms with Crippen LogP contribution in [0.25, 0.3) is 0 Å². The third-order valence-electron chi connectivity index (χ3n) is 4.20. The topological polar surface area (TPSA) is 29.3 Å². The summed E-state index contributed by atoms with van der Waals surface area (Å²) in [6.07, 6.45) is 15.3. The van der Waals surface area contributed by atoms with Gasteiger partial charge in [-0.1, -0.05) is 64.7 Å². The quantitative estimate of drug-likeness (QED) is 0.468. The van der Waals surface area contributed by atoms with Crippen LogP contribution in [0.15, 0.2) is 0 Å². The Balaban J connectivity index is 3.18. The molecule has 0 aromatic rings. The predicted octanol–water partition coefficient (Wildman–Crippen LogP) is 4.58. The molecule has 0 aromatic carbocycles. The number of rotatable bonds is 14. The van der Waals surface area contributed by atoms with Crippen LogP contribution in [-0.4, -0.2) is 31.1 Å². The highest BCUT2D eigenvalue weighted by molar-refractivity contribution is 4.63. The molecule has 0 aromatic heterocycles. The third-order valence-corrected chi connectivity index (χ3v) is 4.20. The van der Waals surface area contributed by atoms with E-state index in [1.807, 2.05) is 0 Å². The number of unbranched alkanes of at least 4 members (excludes halogenated alkanes) is 9. The largest absolute Gasteiger partial charge is 0.330 e. The van der Waals surface area contributed by atoms with Gasteiger partial charge in [0.1, 0.15) is 0 Å². The molecule has 0 fully saturated rings. The standard InChI is InChI=1S/C17H38N2/c1-4-5-6-7-8-9-10-11-12-13-16-19(3)17(2)14-15-18/h17H,4-16,18H2,1-3H3. The molecule has 0 rings (SSSR count). The summed E-state index contributed by atoms with van der Waals surface area (Å²) >= 11 is 0. The fourth-order valence-corrected chi connectivity index (χ4v) is 2.53. The molecule has 0 aliphatic rings. The molecule has 0 radical (unpaired) electrons. The molecule has 0 heterocycles. The maximum Gasteiger partial charge on any atom is 0.00758 e. The van der Waals surface area contributed by atoms with Gasteiger partial charge in [0.05, 0.1) is 0 Å². The van der Waals surface area contributed by atoms with Crippen LogP contribution < -0.4 is 5.73 Å². The Morgan fingerprint density at radius 3 is 1.79 bits per heavy atom. The summed E-state index contributed by atoms with van der Waals surface area (Å²) in [5, 5.41) is 0. The van der Waals surface area contributed by atoms with E-state index in [2.05, 4.69) is 25.8 Å². The van der Waals surface area contributed by atoms with Crippen LogP contribution in [0.2, 0.25) is 0 Å². The van der Waals surface area contributed by atoms with Gasteiger partial charge in [0.25, 0.3) is 0 Å². The molecule has 2 nitrogen and oxygen atoms in total. The van der Waals surface area contributed by atoms with Gasteiger partial charge in [-0.25, -0.2) is 0 Å². The number of nitrogens with zero attached hydrogens (tertiary/aromatic N) is 1. The maximum atomic E-state index is 5.59. The van der Waals surface area contributed by atoms with Crippen molar-refractivity contribution in [2.45, 2.75) is 90.5 Å². The van der Waals surface area contributed by atoms with Crippen molar-refractivity contribution in [3.05, 3.63) is 0 Å². The molecule has 0 saturated carbocycles. The Kier molecular flexibility index (Phi) is 14.3. The first-order valence-corrected chi connectivity index (χ1v) is 8.62. The zero-order valence-corrected chi connectivity index (χ0v) is 13.8. The Morgan fingerprint density at radius 2 is 1.32 bits per heavy atom. The Bertz CT molecular complexity index is 171. The van der Waals surface area contributed by atoms with Crippen molar-refractivity contribution in [1.29, 1.82) is 0 Å². The summed E-state index contributed by atoms with van der Waals surface area (Å²) in [5.74, 6) is 0. The van der Waals surface area contributed by atoms with Gasteiger partial charge in [-0.05, 0) is 39.9 Å². The van der Waals surface area contributed by atoms with Gasteiger partial charge >= 0.3 is 0 Å². The molecule has 2 N–H and O–H groups in total. The average Bonchev–Trinajstić information content (AvgIpc) is 2.41. The predicted molar refractivity (Wildman–Crippen MR) is 87.6 cm³/mol. The zero-order valence-electron chi connectivity index (χ0n) is 13.8. The molecule has 0 saturated heterocycles. The lowest BCUT2D eigenvalue weighted by molar-refractivity contribution is 0.243. The van der Waals surface area contributed by atoms with Gasteiger partial charge in [-0.15, -0.1) is 0 Å². The average molecular weight is 271 g/mol. The molecule has 1 atom stereocenters. The molecule has 0 spiro atoms. The minimum absolute atomic E-state index is 0.642. The molecule has 0 aliphatic heterocycles. The normalized spacial score (nSPS) is 13.1. The fraction of sp³-hybridized carbons (Fsp3) is 1.00. The van der Waals surface area contributed by atoms with E-state index in [0.717, 1.165) is 13.0 Å². The van der Waals surface area contributed by atoms with Gasteiger partial charge in [-0.2, -0.15) is 0 Å². The molecule has 1 unspecified atom stereocenters. The van der Waals surface area contributed by atoms with E-state index >= 15 is 0 Å². The number of hydrogen-bond donors (Lipinski definition) is 1. The second kappa shape index (κ2) is 14.3. The lowest BCUT2D eigenvalue weighted by Crippen LogP contribution is -2.31. The van der Waals surface area contributed by atoms with E-state index < -0.39 is 0 Å². The van der Waals surface area contributed by atoms with Crippen molar-refractivity contribution in [1.82, 2.24) is 4.90 Å². The van der Waals surface area contributed by atoms with Gasteiger partial charge in [0, 0.05) is 6.04 Å². The van der Waals surface area contributed by atoms with Crippen molar-refractivity contribution in [3.8, 4) is 0 Å². The van der Waals surface area contributed by atoms with Crippen molar-refractivity contribution in [3.63, 3.8) is 0 Å². The molecular weight excluding hydrogens is 232 g/mol. The van der Waals surface area contributed by atoms with Crippen LogP contribution in [-0.2, 0) is 0 Å². The van der Waals surface area contributed by atoms with E-state index in [9.17, 15) is 0 Å². The van der Waals surface area contributed by atoms with Crippen LogP contribution >= 0.6 is 0 Å². The molecule has 116 valence electrons. The first-order valence-electron chi connectivity index (χ1n) is 8.62. The van der Waals surface area contributed by atoms with E-state index in [-0.39, 0.29) is 0 Å². The lowest BCUT2D eigenvalue weighted by Gasteiger charge is -2.24. The van der Waals surface area contributed by atoms with E-state index in [1.165, 1.54) is 70.8 Å². The SMILES string of the molecule is CCCCCCCCCCCCN(C)C(C)CCN. The van der Waals surface area contributed by atoms with Crippen LogP contribution in [0.3, 0.4) is 0 Å². The highest BCUT2D eigenvalue weighted by Crippen LogP contribution is 2.11. The molecule has 2 heteroatoms. The highest BCUT2D eigenvalue weighted by atomic mass is 15.1. The minimum Gasteiger partial charge on any atom is -0.330 e. The van der Waals surface area contributed by atoms with Crippen molar-refractivity contribution in [2.24, 2.45) is 5.73 Å². The summed E-state index contributed by atoms with van der Waals surface area (Å²) in [6.45, 7) is 6.61. The summed E-state index contributed by atoms with van der Waals surface area (Å²) in [7, 11) is 2.23. The molecule has 0 bridgehead atoms. The Labute approximate surface area is 122 Å². The lowest BCUT2D eigenvalue weighted by atomic mass is 10.1. The van der Waals surface area contributed by atoms with Gasteiger partial charge in [0.15, 0.2) is 0 Å². The summed E-state index contributed by atoms with van der Waals surface area (Å²) in [4.78, 5) is 2.46. The monoisotopic (exact) mass is 270 g/mol. The van der Waals surface area contributed by atoms with Crippen LogP contribution in [0, 0.1) is 0 Å². The van der Waals surface area contributed by atoms with Gasteiger partial charge in [0.2, 0.25) is 0 Å². The van der Waals surface area contributed by atoms with E-state index in [4.69, 9.17) is 5.73 Å². The molecular formula is C17H38N2. The summed E-state index contributed by atoms with van der Waals surface area (Å²) in [6, 6.07) is 0.642. The molecule has 19 heavy (non-hydrogen) atoms. The second-order valence-electron chi connectivity index (χ2n) is 6.09. The summed E-state index contributed by atoms with van der Waals surface area (Å²) in [5.41, 5.74) is 5.59. The van der Waals surface area contributed by atoms with E-state index in [0.29, 0.717) is 6.04 Å². The maximum absolute atomic E-state index is 5.59. The zero-order chi connectivity index (χ0) is 14.3. The highest BCUT2D eigenvalue weighted by Gasteiger charge is 2.06. The molecule has 0 aliphatic carbocycles. The van der Waals surface area contributed by atoms with Gasteiger partial charge in [-0.3, -0.25) is 0 Å². The fourth-order valence-electron chi connectivity index (χ4n) is 2.53. The van der Waals surface area contributed by atoms with Crippen molar-refractivity contribution >= 4 is 0 Å². The third kappa shape index (κ3) is 12.7. The van der Waals surface area contributed by atoms with Crippen LogP contribution in [0.5, 0.6) is 0 Å².